The molecule has 0 aromatic carbocycles. The first-order valence-electron chi connectivity index (χ1n) is 23.5. The van der Waals surface area contributed by atoms with Gasteiger partial charge >= 0.3 is 0 Å². The fourth-order valence-corrected chi connectivity index (χ4v) is 13.6. The van der Waals surface area contributed by atoms with Crippen LogP contribution in [0.25, 0.3) is 0 Å². The number of aliphatic hydroxyl groups excluding tert-OH is 11. The lowest BCUT2D eigenvalue weighted by Gasteiger charge is -2.60. The molecular formula is C45H74O19. The number of ether oxygens (including phenoxy) is 7. The molecule has 0 aromatic rings. The SMILES string of the molecule is C[C@H](CC[C@@]1(O)O[C@H]2C[C@H]3[C@@H]4CC=C5C[C@@H](O)C[C@@H](O[C@@H]6O[C@H](CO)[C@H](O)[C@H](O)[C@H]6O)[C@]5(C)[C@H]4CC[C@]3(C)[C@H]2[C@@H]1C)CO[C@@H]1O[C@H](CO)[C@H](O)[C@H](O)[C@H]1O[C@@H]1O[C@@H](C)[C@H](O)[C@@H](O)[C@H]1O. The van der Waals surface area contributed by atoms with Gasteiger partial charge in [-0.05, 0) is 80.5 Å². The molecule has 4 aliphatic carbocycles. The first-order valence-corrected chi connectivity index (χ1v) is 23.5. The average molecular weight is 919 g/mol. The molecule has 19 heteroatoms. The Labute approximate surface area is 373 Å². The van der Waals surface area contributed by atoms with Crippen molar-refractivity contribution in [2.24, 2.45) is 46.3 Å². The number of fused-ring (bicyclic) bond motifs is 7. The van der Waals surface area contributed by atoms with E-state index in [0.717, 1.165) is 31.3 Å². The third kappa shape index (κ3) is 8.36. The molecule has 0 aromatic heterocycles. The highest BCUT2D eigenvalue weighted by Gasteiger charge is 2.69. The van der Waals surface area contributed by atoms with Crippen LogP contribution in [0, 0.1) is 46.3 Å². The van der Waals surface area contributed by atoms with Gasteiger partial charge in [0.25, 0.3) is 0 Å². The first-order chi connectivity index (χ1) is 30.2. The van der Waals surface area contributed by atoms with Gasteiger partial charge in [0.05, 0.1) is 44.2 Å². The lowest BCUT2D eigenvalue weighted by molar-refractivity contribution is -0.365. The van der Waals surface area contributed by atoms with Crippen LogP contribution in [0.5, 0.6) is 0 Å². The van der Waals surface area contributed by atoms with Crippen molar-refractivity contribution in [1.29, 1.82) is 0 Å². The number of rotatable bonds is 12. The Balaban J connectivity index is 0.904. The summed E-state index contributed by atoms with van der Waals surface area (Å²) in [6.07, 6.45) is -15.6. The summed E-state index contributed by atoms with van der Waals surface area (Å²) < 4.78 is 42.3. The van der Waals surface area contributed by atoms with E-state index in [1.54, 1.807) is 0 Å². The number of aliphatic hydroxyl groups is 12. The molecule has 4 heterocycles. The van der Waals surface area contributed by atoms with Crippen LogP contribution in [0.1, 0.15) is 86.0 Å². The van der Waals surface area contributed by atoms with Gasteiger partial charge in [-0.1, -0.05) is 39.3 Å². The lowest BCUT2D eigenvalue weighted by Crippen LogP contribution is -2.64. The first kappa shape index (κ1) is 49.4. The number of hydrogen-bond acceptors (Lipinski definition) is 19. The lowest BCUT2D eigenvalue weighted by atomic mass is 9.46. The van der Waals surface area contributed by atoms with Gasteiger partial charge in [-0.2, -0.15) is 0 Å². The standard InChI is InChI=1S/C45H74O19/c1-18(17-58-42-39(36(54)33(51)28(16-47)61-42)63-40-37(55)34(52)31(49)20(3)59-40)8-11-45(57)19(2)30-26(64-45)14-25-23-7-6-21-12-22(48)13-29(44(21,5)24(23)9-10-43(25,30)4)62-41-38(56)35(53)32(50)27(15-46)60-41/h6,18-20,22-42,46-57H,7-17H2,1-5H3/t18-,19+,20+,22-,23-,24+,25+,26+,27-,28-,29-,30+,31+,32+,33+,34-,35+,36+,37-,38-,39-,40+,41+,42-,43+,44+,45-/m1/s1. The molecule has 368 valence electrons. The smallest absolute Gasteiger partial charge is 0.187 e. The van der Waals surface area contributed by atoms with Gasteiger partial charge in [0.2, 0.25) is 0 Å². The molecule has 0 amide bonds. The van der Waals surface area contributed by atoms with Gasteiger partial charge < -0.3 is 94.4 Å². The van der Waals surface area contributed by atoms with Crippen LogP contribution in [0.4, 0.5) is 0 Å². The normalized spacial score (nSPS) is 55.5. The van der Waals surface area contributed by atoms with Gasteiger partial charge in [0.1, 0.15) is 67.1 Å². The highest BCUT2D eigenvalue weighted by atomic mass is 16.8. The maximum absolute atomic E-state index is 12.2. The van der Waals surface area contributed by atoms with Crippen LogP contribution in [-0.2, 0) is 33.2 Å². The van der Waals surface area contributed by atoms with Crippen LogP contribution in [0.15, 0.2) is 11.6 Å². The fourth-order valence-electron chi connectivity index (χ4n) is 13.6. The van der Waals surface area contributed by atoms with E-state index in [2.05, 4.69) is 26.8 Å². The molecule has 3 saturated carbocycles. The second-order valence-electron chi connectivity index (χ2n) is 21.1. The van der Waals surface area contributed by atoms with Gasteiger partial charge in [0.15, 0.2) is 24.7 Å². The quantitative estimate of drug-likeness (QED) is 0.0956. The van der Waals surface area contributed by atoms with E-state index >= 15 is 0 Å². The van der Waals surface area contributed by atoms with Crippen molar-refractivity contribution in [3.8, 4) is 0 Å². The second-order valence-corrected chi connectivity index (χ2v) is 21.1. The average Bonchev–Trinajstić information content (AvgIpc) is 3.70. The number of allylic oxidation sites excluding steroid dienone is 1. The topological polar surface area (TPSA) is 307 Å². The largest absolute Gasteiger partial charge is 0.394 e. The van der Waals surface area contributed by atoms with Gasteiger partial charge in [-0.25, -0.2) is 0 Å². The zero-order valence-electron chi connectivity index (χ0n) is 37.4. The summed E-state index contributed by atoms with van der Waals surface area (Å²) in [6, 6.07) is 0. The third-order valence-electron chi connectivity index (χ3n) is 17.4. The Hall–Kier alpha value is -1.02. The summed E-state index contributed by atoms with van der Waals surface area (Å²) in [5.41, 5.74) is 0.442. The van der Waals surface area contributed by atoms with E-state index < -0.39 is 129 Å². The van der Waals surface area contributed by atoms with E-state index in [1.807, 2.05) is 6.92 Å². The van der Waals surface area contributed by atoms with Crippen LogP contribution < -0.4 is 0 Å². The Bertz CT molecular complexity index is 1640. The minimum atomic E-state index is -1.69. The van der Waals surface area contributed by atoms with Gasteiger partial charge in [-0.3, -0.25) is 0 Å². The van der Waals surface area contributed by atoms with Crippen molar-refractivity contribution in [1.82, 2.24) is 0 Å². The predicted octanol–water partition coefficient (Wildman–Crippen LogP) is -1.86. The van der Waals surface area contributed by atoms with Crippen molar-refractivity contribution in [2.75, 3.05) is 19.8 Å². The Morgan fingerprint density at radius 2 is 1.38 bits per heavy atom. The maximum atomic E-state index is 12.2. The summed E-state index contributed by atoms with van der Waals surface area (Å²) in [4.78, 5) is 0. The molecule has 7 fully saturated rings. The molecule has 4 saturated heterocycles. The zero-order valence-corrected chi connectivity index (χ0v) is 37.4. The monoisotopic (exact) mass is 918 g/mol. The zero-order chi connectivity index (χ0) is 46.4. The molecule has 27 atom stereocenters. The molecule has 0 radical (unpaired) electrons. The van der Waals surface area contributed by atoms with E-state index in [9.17, 15) is 61.3 Å². The minimum Gasteiger partial charge on any atom is -0.394 e. The predicted molar refractivity (Wildman–Crippen MR) is 219 cm³/mol. The van der Waals surface area contributed by atoms with Crippen molar-refractivity contribution in [3.05, 3.63) is 11.6 Å². The molecule has 19 nitrogen and oxygen atoms in total. The Kier molecular flexibility index (Phi) is 14.4. The second kappa shape index (κ2) is 18.7. The van der Waals surface area contributed by atoms with Gasteiger partial charge in [-0.15, -0.1) is 0 Å². The van der Waals surface area contributed by atoms with Crippen LogP contribution >= 0.6 is 0 Å². The van der Waals surface area contributed by atoms with E-state index in [0.29, 0.717) is 25.7 Å². The fraction of sp³-hybridized carbons (Fsp3) is 0.956. The molecule has 8 rings (SSSR count). The van der Waals surface area contributed by atoms with E-state index in [1.165, 1.54) is 6.92 Å². The van der Waals surface area contributed by atoms with Crippen LogP contribution in [0.3, 0.4) is 0 Å². The van der Waals surface area contributed by atoms with Crippen molar-refractivity contribution in [2.45, 2.75) is 202 Å². The van der Waals surface area contributed by atoms with Crippen LogP contribution in [-0.4, -0.2) is 197 Å². The molecule has 8 aliphatic rings. The Morgan fingerprint density at radius 1 is 0.750 bits per heavy atom. The summed E-state index contributed by atoms with van der Waals surface area (Å²) >= 11 is 0. The summed E-state index contributed by atoms with van der Waals surface area (Å²) in [5.74, 6) is -1.01. The van der Waals surface area contributed by atoms with E-state index in [4.69, 9.17) is 33.2 Å². The van der Waals surface area contributed by atoms with Gasteiger partial charge in [0, 0.05) is 24.2 Å². The minimum absolute atomic E-state index is 0.0594. The summed E-state index contributed by atoms with van der Waals surface area (Å²) in [5, 5.41) is 127. The third-order valence-corrected chi connectivity index (χ3v) is 17.4. The molecule has 0 unspecified atom stereocenters. The summed E-state index contributed by atoms with van der Waals surface area (Å²) in [6.45, 7) is 8.84. The molecular weight excluding hydrogens is 844 g/mol. The summed E-state index contributed by atoms with van der Waals surface area (Å²) in [7, 11) is 0. The molecule has 0 spiro atoms. The van der Waals surface area contributed by atoms with Crippen molar-refractivity contribution >= 4 is 0 Å². The highest BCUT2D eigenvalue weighted by Crippen LogP contribution is 2.70. The molecule has 64 heavy (non-hydrogen) atoms. The molecule has 4 aliphatic heterocycles. The molecule has 12 N–H and O–H groups in total. The van der Waals surface area contributed by atoms with E-state index in [-0.39, 0.29) is 53.6 Å². The molecule has 0 bridgehead atoms. The highest BCUT2D eigenvalue weighted by molar-refractivity contribution is 5.28. The van der Waals surface area contributed by atoms with Crippen molar-refractivity contribution in [3.63, 3.8) is 0 Å². The van der Waals surface area contributed by atoms with Crippen LogP contribution in [0.2, 0.25) is 0 Å². The Morgan fingerprint density at radius 3 is 2.05 bits per heavy atom. The maximum Gasteiger partial charge on any atom is 0.187 e. The van der Waals surface area contributed by atoms with Crippen molar-refractivity contribution < 1.29 is 94.4 Å². The number of hydrogen-bond donors (Lipinski definition) is 12.